The highest BCUT2D eigenvalue weighted by Crippen LogP contribution is 2.30. The summed E-state index contributed by atoms with van der Waals surface area (Å²) in [5, 5.41) is 20.7. The number of carbonyl (C=O) groups excluding carboxylic acids is 1. The van der Waals surface area contributed by atoms with Crippen molar-refractivity contribution in [3.63, 3.8) is 0 Å². The second kappa shape index (κ2) is 29.3. The molecule has 2 saturated carbocycles. The van der Waals surface area contributed by atoms with E-state index >= 15 is 0 Å². The van der Waals surface area contributed by atoms with Crippen molar-refractivity contribution >= 4 is 39.4 Å². The van der Waals surface area contributed by atoms with Gasteiger partial charge in [-0.05, 0) is 97.9 Å². The second-order valence-electron chi connectivity index (χ2n) is 15.5. The zero-order valence-corrected chi connectivity index (χ0v) is 38.1. The Labute approximate surface area is 350 Å². The maximum Gasteiger partial charge on any atom is 0.326 e. The first-order valence-corrected chi connectivity index (χ1v) is 25.0. The van der Waals surface area contributed by atoms with Gasteiger partial charge in [0, 0.05) is 24.4 Å². The predicted molar refractivity (Wildman–Crippen MR) is 240 cm³/mol. The molecule has 0 bridgehead atoms. The van der Waals surface area contributed by atoms with Crippen LogP contribution in [-0.4, -0.2) is 84.0 Å². The molecule has 0 spiro atoms. The average Bonchev–Trinajstić information content (AvgIpc) is 3.63. The number of benzene rings is 2. The van der Waals surface area contributed by atoms with Gasteiger partial charge in [-0.25, -0.2) is 13.2 Å². The largest absolute Gasteiger partial charge is 0.481 e. The van der Waals surface area contributed by atoms with Gasteiger partial charge in [0.05, 0.1) is 11.7 Å². The lowest BCUT2D eigenvalue weighted by atomic mass is 9.88. The van der Waals surface area contributed by atoms with Crippen LogP contribution in [0.3, 0.4) is 0 Å². The van der Waals surface area contributed by atoms with Gasteiger partial charge in [0.15, 0.2) is 0 Å². The maximum absolute atomic E-state index is 13.2. The summed E-state index contributed by atoms with van der Waals surface area (Å²) in [5.41, 5.74) is 4.65. The van der Waals surface area contributed by atoms with E-state index in [4.69, 9.17) is 5.11 Å². The van der Waals surface area contributed by atoms with E-state index in [1.807, 2.05) is 63.4 Å². The minimum Gasteiger partial charge on any atom is -0.481 e. The van der Waals surface area contributed by atoms with Crippen molar-refractivity contribution in [3.05, 3.63) is 59.2 Å². The fourth-order valence-electron chi connectivity index (χ4n) is 6.87. The molecular weight excluding hydrogens is 757 g/mol. The molecular formula is C46H76N2O7S2. The molecule has 3 fully saturated rings. The fourth-order valence-corrected chi connectivity index (χ4v) is 8.13. The molecule has 5 rings (SSSR count). The van der Waals surface area contributed by atoms with Crippen LogP contribution < -0.4 is 5.32 Å². The average molecular weight is 833 g/mol. The molecule has 2 aliphatic carbocycles. The molecule has 11 heteroatoms. The van der Waals surface area contributed by atoms with Crippen molar-refractivity contribution < 1.29 is 33.0 Å². The SMILES string of the molecule is C1CCC1.CC.CC(CCS(C)(=O)=O)C(=O)O.CCC1CCCCC1.CCC1CCCN1Cc1ccc(C(=O)NC(CCSC)C(=O)O)c(-c2ccccc2C)c1. The van der Waals surface area contributed by atoms with Gasteiger partial charge in [-0.1, -0.05) is 129 Å². The van der Waals surface area contributed by atoms with E-state index in [1.54, 1.807) is 11.8 Å². The Hall–Kier alpha value is -2.89. The molecule has 2 aromatic rings. The highest BCUT2D eigenvalue weighted by atomic mass is 32.2. The topological polar surface area (TPSA) is 141 Å². The van der Waals surface area contributed by atoms with Crippen molar-refractivity contribution in [2.75, 3.05) is 30.6 Å². The molecule has 3 atom stereocenters. The Morgan fingerprint density at radius 3 is 1.95 bits per heavy atom. The number of carboxylic acid groups (broad SMARTS) is 2. The number of thioether (sulfide) groups is 1. The van der Waals surface area contributed by atoms with Crippen LogP contribution in [0.2, 0.25) is 0 Å². The van der Waals surface area contributed by atoms with Gasteiger partial charge in [-0.2, -0.15) is 11.8 Å². The molecule has 0 radical (unpaired) electrons. The Kier molecular flexibility index (Phi) is 26.8. The zero-order valence-electron chi connectivity index (χ0n) is 36.5. The number of aliphatic carboxylic acids is 2. The van der Waals surface area contributed by atoms with Crippen molar-refractivity contribution in [1.29, 1.82) is 0 Å². The zero-order chi connectivity index (χ0) is 42.8. The van der Waals surface area contributed by atoms with Crippen LogP contribution in [0.4, 0.5) is 0 Å². The number of carbonyl (C=O) groups is 3. The van der Waals surface area contributed by atoms with Crippen LogP contribution >= 0.6 is 11.8 Å². The summed E-state index contributed by atoms with van der Waals surface area (Å²) in [6.07, 6.45) is 22.2. The van der Waals surface area contributed by atoms with Gasteiger partial charge >= 0.3 is 11.9 Å². The monoisotopic (exact) mass is 833 g/mol. The summed E-state index contributed by atoms with van der Waals surface area (Å²) in [5.74, 6) is -1.16. The molecule has 1 aliphatic heterocycles. The van der Waals surface area contributed by atoms with Crippen LogP contribution in [0.15, 0.2) is 42.5 Å². The van der Waals surface area contributed by atoms with Crippen molar-refractivity contribution in [1.82, 2.24) is 10.2 Å². The number of carboxylic acids is 2. The second-order valence-corrected chi connectivity index (χ2v) is 18.7. The fraction of sp³-hybridized carbons (Fsp3) is 0.674. The number of aryl methyl sites for hydroxylation is 1. The standard InChI is InChI=1S/C26H34N2O3S.C8H16.C6H12O4S.C4H8.C2H6/c1-4-20-9-7-14-28(20)17-19-11-12-22(23(16-19)21-10-6-5-8-18(21)2)25(29)27-24(26(30)31)13-15-32-3;1-2-8-6-4-3-5-7-8;1-5(6(7)8)3-4-11(2,9)10;1-2-4-3-1;1-2/h5-6,8,10-12,16,20,24H,4,7,9,13-15,17H2,1-3H3,(H,27,29)(H,30,31);8H,2-7H2,1H3;5H,3-4H2,1-2H3,(H,7,8);1-4H2;1-2H3. The van der Waals surface area contributed by atoms with Crippen molar-refractivity contribution in [2.45, 2.75) is 156 Å². The van der Waals surface area contributed by atoms with Gasteiger partial charge < -0.3 is 15.5 Å². The number of nitrogens with zero attached hydrogens (tertiary/aromatic N) is 1. The third kappa shape index (κ3) is 21.1. The maximum atomic E-state index is 13.2. The Bertz CT molecular complexity index is 1550. The molecule has 3 aliphatic rings. The van der Waals surface area contributed by atoms with Crippen LogP contribution in [-0.2, 0) is 26.0 Å². The normalized spacial score (nSPS) is 17.6. The molecule has 3 N–H and O–H groups in total. The lowest BCUT2D eigenvalue weighted by Crippen LogP contribution is -2.41. The molecule has 1 amide bonds. The number of rotatable bonds is 15. The summed E-state index contributed by atoms with van der Waals surface area (Å²) < 4.78 is 21.1. The lowest BCUT2D eigenvalue weighted by molar-refractivity contribution is -0.141. The number of likely N-dealkylation sites (tertiary alicyclic amines) is 1. The quantitative estimate of drug-likeness (QED) is 0.160. The number of sulfone groups is 1. The first-order valence-electron chi connectivity index (χ1n) is 21.6. The molecule has 2 aromatic carbocycles. The van der Waals surface area contributed by atoms with Gasteiger partial charge in [0.25, 0.3) is 5.91 Å². The van der Waals surface area contributed by atoms with Gasteiger partial charge in [0.1, 0.15) is 15.9 Å². The number of hydrogen-bond donors (Lipinski definition) is 3. The van der Waals surface area contributed by atoms with E-state index in [0.717, 1.165) is 48.4 Å². The van der Waals surface area contributed by atoms with Gasteiger partial charge in [-0.3, -0.25) is 14.5 Å². The molecule has 57 heavy (non-hydrogen) atoms. The van der Waals surface area contributed by atoms with E-state index in [1.165, 1.54) is 89.5 Å². The Balaban J connectivity index is 0.000000523. The van der Waals surface area contributed by atoms with E-state index in [9.17, 15) is 27.9 Å². The smallest absolute Gasteiger partial charge is 0.326 e. The number of hydrogen-bond acceptors (Lipinski definition) is 7. The van der Waals surface area contributed by atoms with Gasteiger partial charge in [-0.15, -0.1) is 0 Å². The Morgan fingerprint density at radius 1 is 0.842 bits per heavy atom. The van der Waals surface area contributed by atoms with Crippen LogP contribution in [0.1, 0.15) is 152 Å². The highest BCUT2D eigenvalue weighted by molar-refractivity contribution is 7.98. The third-order valence-electron chi connectivity index (χ3n) is 11.0. The van der Waals surface area contributed by atoms with Crippen molar-refractivity contribution in [2.24, 2.45) is 11.8 Å². The van der Waals surface area contributed by atoms with E-state index in [0.29, 0.717) is 23.8 Å². The minimum atomic E-state index is -3.02. The van der Waals surface area contributed by atoms with Crippen LogP contribution in [0.25, 0.3) is 11.1 Å². The first-order chi connectivity index (χ1) is 27.2. The first kappa shape index (κ1) is 52.1. The molecule has 1 heterocycles. The van der Waals surface area contributed by atoms with E-state index in [-0.39, 0.29) is 18.1 Å². The summed E-state index contributed by atoms with van der Waals surface area (Å²) >= 11 is 1.57. The summed E-state index contributed by atoms with van der Waals surface area (Å²) in [6, 6.07) is 13.7. The van der Waals surface area contributed by atoms with E-state index < -0.39 is 33.7 Å². The molecule has 1 saturated heterocycles. The molecule has 324 valence electrons. The van der Waals surface area contributed by atoms with Gasteiger partial charge in [0.2, 0.25) is 0 Å². The van der Waals surface area contributed by atoms with E-state index in [2.05, 4.69) is 30.1 Å². The molecule has 3 unspecified atom stereocenters. The summed E-state index contributed by atoms with van der Waals surface area (Å²) in [7, 11) is -3.02. The molecule has 0 aromatic heterocycles. The van der Waals surface area contributed by atoms with Crippen LogP contribution in [0.5, 0.6) is 0 Å². The van der Waals surface area contributed by atoms with Crippen LogP contribution in [0, 0.1) is 18.8 Å². The summed E-state index contributed by atoms with van der Waals surface area (Å²) in [6.45, 7) is 14.1. The minimum absolute atomic E-state index is 0.0551. The Morgan fingerprint density at radius 2 is 1.46 bits per heavy atom. The summed E-state index contributed by atoms with van der Waals surface area (Å²) in [4.78, 5) is 37.6. The third-order valence-corrected chi connectivity index (χ3v) is 12.6. The highest BCUT2D eigenvalue weighted by Gasteiger charge is 2.25. The van der Waals surface area contributed by atoms with Crippen molar-refractivity contribution in [3.8, 4) is 11.1 Å². The predicted octanol–water partition coefficient (Wildman–Crippen LogP) is 10.7. The molecule has 9 nitrogen and oxygen atoms in total. The number of nitrogens with one attached hydrogen (secondary N) is 1. The number of amides is 1. The lowest BCUT2D eigenvalue weighted by Gasteiger charge is -2.24.